The summed E-state index contributed by atoms with van der Waals surface area (Å²) in [4.78, 5) is 10.9. The molecule has 1 aromatic carbocycles. The van der Waals surface area contributed by atoms with Gasteiger partial charge in [0, 0.05) is 29.8 Å². The molecular formula is C22H25ClN2O3. The summed E-state index contributed by atoms with van der Waals surface area (Å²) in [7, 11) is 1.66. The van der Waals surface area contributed by atoms with Crippen LogP contribution in [0.2, 0.25) is 5.02 Å². The standard InChI is InChI=1S/C22H25ClN2O3/c1-3-17-11-12-20-22(15-7-6-8-16(23)13-15)18(9-4-5-10-21(26)27)19(14-28-2)24-25(17)20/h6-8,11-13H,3-5,9-10,14H2,1-2H3,(H,26,27). The minimum absolute atomic E-state index is 0.174. The van der Waals surface area contributed by atoms with Gasteiger partial charge in [0.2, 0.25) is 0 Å². The second kappa shape index (κ2) is 9.22. The Bertz CT molecular complexity index is 981. The number of halogens is 1. The van der Waals surface area contributed by atoms with E-state index in [1.54, 1.807) is 7.11 Å². The fraction of sp³-hybridized carbons (Fsp3) is 0.364. The molecule has 2 heterocycles. The van der Waals surface area contributed by atoms with Gasteiger partial charge < -0.3 is 9.84 Å². The fourth-order valence-electron chi connectivity index (χ4n) is 3.59. The Labute approximate surface area is 169 Å². The van der Waals surface area contributed by atoms with E-state index in [1.165, 1.54) is 0 Å². The summed E-state index contributed by atoms with van der Waals surface area (Å²) in [6.45, 7) is 2.51. The van der Waals surface area contributed by atoms with Crippen molar-refractivity contribution in [2.75, 3.05) is 7.11 Å². The van der Waals surface area contributed by atoms with Gasteiger partial charge >= 0.3 is 5.97 Å². The van der Waals surface area contributed by atoms with Crippen LogP contribution in [-0.4, -0.2) is 27.8 Å². The van der Waals surface area contributed by atoms with E-state index < -0.39 is 5.97 Å². The van der Waals surface area contributed by atoms with E-state index in [1.807, 2.05) is 22.7 Å². The predicted molar refractivity (Wildman–Crippen MR) is 111 cm³/mol. The lowest BCUT2D eigenvalue weighted by Gasteiger charge is -2.17. The van der Waals surface area contributed by atoms with E-state index in [2.05, 4.69) is 25.1 Å². The molecule has 1 N–H and O–H groups in total. The molecule has 3 aromatic rings. The van der Waals surface area contributed by atoms with Gasteiger partial charge in [0.05, 0.1) is 17.8 Å². The minimum Gasteiger partial charge on any atom is -0.481 e. The van der Waals surface area contributed by atoms with Crippen molar-refractivity contribution in [3.63, 3.8) is 0 Å². The maximum atomic E-state index is 10.9. The van der Waals surface area contributed by atoms with Crippen LogP contribution in [0.1, 0.15) is 43.1 Å². The van der Waals surface area contributed by atoms with Gasteiger partial charge in [0.15, 0.2) is 0 Å². The minimum atomic E-state index is -0.764. The van der Waals surface area contributed by atoms with Gasteiger partial charge in [-0.05, 0) is 61.1 Å². The molecule has 0 saturated heterocycles. The number of rotatable bonds is 9. The first-order valence-electron chi connectivity index (χ1n) is 9.54. The first-order valence-corrected chi connectivity index (χ1v) is 9.92. The number of ether oxygens (including phenoxy) is 1. The molecule has 5 nitrogen and oxygen atoms in total. The summed E-state index contributed by atoms with van der Waals surface area (Å²) in [6, 6.07) is 12.0. The van der Waals surface area contributed by atoms with Crippen molar-refractivity contribution < 1.29 is 14.6 Å². The number of fused-ring (bicyclic) bond motifs is 1. The molecule has 6 heteroatoms. The van der Waals surface area contributed by atoms with E-state index in [9.17, 15) is 4.79 Å². The van der Waals surface area contributed by atoms with Crippen molar-refractivity contribution in [3.05, 3.63) is 58.4 Å². The lowest BCUT2D eigenvalue weighted by molar-refractivity contribution is -0.137. The maximum absolute atomic E-state index is 10.9. The first kappa shape index (κ1) is 20.4. The highest BCUT2D eigenvalue weighted by Crippen LogP contribution is 2.34. The summed E-state index contributed by atoms with van der Waals surface area (Å²) < 4.78 is 7.42. The van der Waals surface area contributed by atoms with Crippen molar-refractivity contribution in [1.82, 2.24) is 9.61 Å². The number of nitrogens with zero attached hydrogens (tertiary/aromatic N) is 2. The molecule has 0 amide bonds. The number of hydrogen-bond donors (Lipinski definition) is 1. The van der Waals surface area contributed by atoms with Gasteiger partial charge in [-0.3, -0.25) is 4.79 Å². The second-order valence-corrected chi connectivity index (χ2v) is 7.26. The van der Waals surface area contributed by atoms with E-state index in [0.29, 0.717) is 18.1 Å². The molecule has 0 aliphatic rings. The van der Waals surface area contributed by atoms with Crippen LogP contribution in [-0.2, 0) is 29.0 Å². The number of carbonyl (C=O) groups is 1. The quantitative estimate of drug-likeness (QED) is 0.504. The molecule has 28 heavy (non-hydrogen) atoms. The smallest absolute Gasteiger partial charge is 0.303 e. The van der Waals surface area contributed by atoms with Gasteiger partial charge in [-0.2, -0.15) is 5.10 Å². The highest BCUT2D eigenvalue weighted by atomic mass is 35.5. The molecule has 0 bridgehead atoms. The van der Waals surface area contributed by atoms with Crippen molar-refractivity contribution in [1.29, 1.82) is 0 Å². The third-order valence-corrected chi connectivity index (χ3v) is 5.12. The Balaban J connectivity index is 2.17. The number of hydrogen-bond acceptors (Lipinski definition) is 3. The molecule has 0 radical (unpaired) electrons. The number of benzene rings is 1. The number of carboxylic acids is 1. The summed E-state index contributed by atoms with van der Waals surface area (Å²) in [5, 5.41) is 14.5. The number of unbranched alkanes of at least 4 members (excludes halogenated alkanes) is 1. The topological polar surface area (TPSA) is 63.8 Å². The van der Waals surface area contributed by atoms with E-state index >= 15 is 0 Å². The maximum Gasteiger partial charge on any atom is 0.303 e. The van der Waals surface area contributed by atoms with Crippen LogP contribution in [0, 0.1) is 0 Å². The molecule has 0 atom stereocenters. The molecular weight excluding hydrogens is 376 g/mol. The SMILES string of the molecule is CCc1ccc2c(-c3cccc(Cl)c3)c(CCCCC(=O)O)c(COC)nn12. The lowest BCUT2D eigenvalue weighted by Crippen LogP contribution is -2.10. The largest absolute Gasteiger partial charge is 0.481 e. The van der Waals surface area contributed by atoms with Crippen LogP contribution in [0.25, 0.3) is 16.6 Å². The van der Waals surface area contributed by atoms with Crippen molar-refractivity contribution in [2.45, 2.75) is 45.6 Å². The normalized spacial score (nSPS) is 11.2. The average molecular weight is 401 g/mol. The number of methoxy groups -OCH3 is 1. The fourth-order valence-corrected chi connectivity index (χ4v) is 3.78. The molecule has 0 unspecified atom stereocenters. The van der Waals surface area contributed by atoms with Gasteiger partial charge in [-0.25, -0.2) is 4.52 Å². The Hall–Kier alpha value is -2.37. The molecule has 3 rings (SSSR count). The molecule has 148 valence electrons. The lowest BCUT2D eigenvalue weighted by atomic mass is 9.94. The van der Waals surface area contributed by atoms with Crippen LogP contribution in [0.4, 0.5) is 0 Å². The molecule has 2 aromatic heterocycles. The zero-order valence-electron chi connectivity index (χ0n) is 16.2. The van der Waals surface area contributed by atoms with Crippen LogP contribution < -0.4 is 0 Å². The number of carboxylic acid groups (broad SMARTS) is 1. The zero-order valence-corrected chi connectivity index (χ0v) is 17.0. The third-order valence-electron chi connectivity index (χ3n) is 4.88. The van der Waals surface area contributed by atoms with Crippen LogP contribution in [0.3, 0.4) is 0 Å². The van der Waals surface area contributed by atoms with E-state index in [4.69, 9.17) is 26.5 Å². The van der Waals surface area contributed by atoms with Crippen LogP contribution in [0.5, 0.6) is 0 Å². The molecule has 0 fully saturated rings. The summed E-state index contributed by atoms with van der Waals surface area (Å²) >= 11 is 6.28. The number of aliphatic carboxylic acids is 1. The van der Waals surface area contributed by atoms with Crippen LogP contribution in [0.15, 0.2) is 36.4 Å². The Morgan fingerprint density at radius 1 is 1.25 bits per heavy atom. The number of aromatic nitrogens is 2. The Morgan fingerprint density at radius 2 is 2.07 bits per heavy atom. The summed E-state index contributed by atoms with van der Waals surface area (Å²) in [6.07, 6.45) is 3.19. The molecule has 0 saturated carbocycles. The van der Waals surface area contributed by atoms with E-state index in [-0.39, 0.29) is 6.42 Å². The molecule has 0 aliphatic heterocycles. The zero-order chi connectivity index (χ0) is 20.1. The average Bonchev–Trinajstić information content (AvgIpc) is 3.07. The summed E-state index contributed by atoms with van der Waals surface area (Å²) in [5.41, 5.74) is 6.28. The molecule has 0 aliphatic carbocycles. The van der Waals surface area contributed by atoms with Crippen molar-refractivity contribution in [3.8, 4) is 11.1 Å². The highest BCUT2D eigenvalue weighted by molar-refractivity contribution is 6.30. The van der Waals surface area contributed by atoms with Gasteiger partial charge in [0.25, 0.3) is 0 Å². The monoisotopic (exact) mass is 400 g/mol. The third kappa shape index (κ3) is 4.37. The van der Waals surface area contributed by atoms with Crippen molar-refractivity contribution >= 4 is 23.1 Å². The number of aryl methyl sites for hydroxylation is 1. The summed E-state index contributed by atoms with van der Waals surface area (Å²) in [5.74, 6) is -0.764. The van der Waals surface area contributed by atoms with Crippen LogP contribution >= 0.6 is 11.6 Å². The first-order chi connectivity index (χ1) is 13.5. The Kier molecular flexibility index (Phi) is 6.70. The van der Waals surface area contributed by atoms with Gasteiger partial charge in [-0.1, -0.05) is 30.7 Å². The second-order valence-electron chi connectivity index (χ2n) is 6.82. The Morgan fingerprint density at radius 3 is 2.75 bits per heavy atom. The molecule has 0 spiro atoms. The predicted octanol–water partition coefficient (Wildman–Crippen LogP) is 5.16. The van der Waals surface area contributed by atoms with Gasteiger partial charge in [-0.15, -0.1) is 0 Å². The highest BCUT2D eigenvalue weighted by Gasteiger charge is 2.18. The van der Waals surface area contributed by atoms with E-state index in [0.717, 1.165) is 52.9 Å². The van der Waals surface area contributed by atoms with Crippen molar-refractivity contribution in [2.24, 2.45) is 0 Å². The van der Waals surface area contributed by atoms with Gasteiger partial charge in [0.1, 0.15) is 0 Å².